The molecule has 0 aliphatic carbocycles. The Morgan fingerprint density at radius 1 is 1.35 bits per heavy atom. The van der Waals surface area contributed by atoms with Gasteiger partial charge in [-0.15, -0.1) is 0 Å². The molecule has 1 N–H and O–H groups in total. The van der Waals surface area contributed by atoms with E-state index >= 15 is 0 Å². The molecule has 0 radical (unpaired) electrons. The molecule has 0 heterocycles. The molecule has 0 spiro atoms. The second-order valence-electron chi connectivity index (χ2n) is 3.94. The normalized spacial score (nSPS) is 12.9. The number of nitrogens with one attached hydrogen (secondary N) is 1. The smallest absolute Gasteiger partial charge is 0.244 e. The predicted molar refractivity (Wildman–Crippen MR) is 63.8 cm³/mol. The molecule has 0 aliphatic rings. The minimum atomic E-state index is -1.02. The van der Waals surface area contributed by atoms with Crippen LogP contribution in [0.2, 0.25) is 0 Å². The summed E-state index contributed by atoms with van der Waals surface area (Å²) in [7, 11) is 0. The van der Waals surface area contributed by atoms with Crippen molar-refractivity contribution in [3.63, 3.8) is 0 Å². The lowest BCUT2D eigenvalue weighted by Gasteiger charge is -2.18. The second kappa shape index (κ2) is 5.14. The van der Waals surface area contributed by atoms with Gasteiger partial charge in [-0.1, -0.05) is 6.92 Å². The minimum absolute atomic E-state index is 0.327. The van der Waals surface area contributed by atoms with E-state index in [2.05, 4.69) is 5.32 Å². The highest BCUT2D eigenvalue weighted by atomic mass is 16.2. The highest BCUT2D eigenvalue weighted by Crippen LogP contribution is 2.22. The molecule has 1 aromatic carbocycles. The molecular weight excluding hydrogens is 214 g/mol. The Morgan fingerprint density at radius 3 is 2.35 bits per heavy atom. The fourth-order valence-electron chi connectivity index (χ4n) is 1.19. The molecule has 4 nitrogen and oxygen atoms in total. The second-order valence-corrected chi connectivity index (χ2v) is 3.94. The number of anilines is 1. The molecule has 0 aromatic heterocycles. The standard InChI is InChI=1S/C13H13N3O/c1-3-13(2,9-15)12(17)16-11-6-4-10(8-14)5-7-11/h4-7H,3H2,1-2H3,(H,16,17). The van der Waals surface area contributed by atoms with Crippen molar-refractivity contribution in [3.05, 3.63) is 29.8 Å². The highest BCUT2D eigenvalue weighted by Gasteiger charge is 2.31. The lowest BCUT2D eigenvalue weighted by Crippen LogP contribution is -2.31. The van der Waals surface area contributed by atoms with Crippen molar-refractivity contribution in [1.82, 2.24) is 0 Å². The van der Waals surface area contributed by atoms with E-state index in [0.717, 1.165) is 0 Å². The molecule has 86 valence electrons. The van der Waals surface area contributed by atoms with Gasteiger partial charge in [-0.2, -0.15) is 10.5 Å². The summed E-state index contributed by atoms with van der Waals surface area (Å²) in [5, 5.41) is 20.3. The SMILES string of the molecule is CCC(C)(C#N)C(=O)Nc1ccc(C#N)cc1. The van der Waals surface area contributed by atoms with Crippen molar-refractivity contribution in [2.75, 3.05) is 5.32 Å². The van der Waals surface area contributed by atoms with Crippen LogP contribution in [0, 0.1) is 28.1 Å². The Morgan fingerprint density at radius 2 is 1.94 bits per heavy atom. The first-order valence-electron chi connectivity index (χ1n) is 5.28. The van der Waals surface area contributed by atoms with Crippen molar-refractivity contribution in [2.45, 2.75) is 20.3 Å². The zero-order chi connectivity index (χ0) is 12.9. The van der Waals surface area contributed by atoms with Crippen molar-refractivity contribution >= 4 is 11.6 Å². The molecule has 1 aromatic rings. The van der Waals surface area contributed by atoms with Gasteiger partial charge in [-0.25, -0.2) is 0 Å². The van der Waals surface area contributed by atoms with Crippen LogP contribution in [0.3, 0.4) is 0 Å². The quantitative estimate of drug-likeness (QED) is 0.861. The number of hydrogen-bond acceptors (Lipinski definition) is 3. The fourth-order valence-corrected chi connectivity index (χ4v) is 1.19. The average molecular weight is 227 g/mol. The lowest BCUT2D eigenvalue weighted by atomic mass is 9.88. The average Bonchev–Trinajstić information content (AvgIpc) is 2.38. The molecule has 1 amide bonds. The van der Waals surface area contributed by atoms with Crippen LogP contribution in [0.4, 0.5) is 5.69 Å². The molecule has 0 bridgehead atoms. The third kappa shape index (κ3) is 2.83. The number of amides is 1. The number of hydrogen-bond donors (Lipinski definition) is 1. The summed E-state index contributed by atoms with van der Waals surface area (Å²) < 4.78 is 0. The summed E-state index contributed by atoms with van der Waals surface area (Å²) >= 11 is 0. The van der Waals surface area contributed by atoms with E-state index in [-0.39, 0.29) is 5.91 Å². The summed E-state index contributed by atoms with van der Waals surface area (Å²) in [5.41, 5.74) is 0.0962. The number of nitrogens with zero attached hydrogens (tertiary/aromatic N) is 2. The summed E-state index contributed by atoms with van der Waals surface area (Å²) in [5.74, 6) is -0.327. The van der Waals surface area contributed by atoms with E-state index in [1.807, 2.05) is 12.1 Å². The Balaban J connectivity index is 2.82. The van der Waals surface area contributed by atoms with Gasteiger partial charge in [0, 0.05) is 5.69 Å². The van der Waals surface area contributed by atoms with E-state index in [4.69, 9.17) is 10.5 Å². The van der Waals surface area contributed by atoms with Crippen molar-refractivity contribution < 1.29 is 4.79 Å². The maximum absolute atomic E-state index is 11.9. The van der Waals surface area contributed by atoms with Gasteiger partial charge < -0.3 is 5.32 Å². The molecule has 1 atom stereocenters. The van der Waals surface area contributed by atoms with Gasteiger partial charge in [0.25, 0.3) is 0 Å². The van der Waals surface area contributed by atoms with Crippen LogP contribution >= 0.6 is 0 Å². The van der Waals surface area contributed by atoms with Crippen LogP contribution in [0.15, 0.2) is 24.3 Å². The Labute approximate surface area is 100 Å². The van der Waals surface area contributed by atoms with Gasteiger partial charge in [-0.3, -0.25) is 4.79 Å². The van der Waals surface area contributed by atoms with Gasteiger partial charge >= 0.3 is 0 Å². The molecule has 0 saturated carbocycles. The van der Waals surface area contributed by atoms with Gasteiger partial charge in [0.05, 0.1) is 17.7 Å². The third-order valence-electron chi connectivity index (χ3n) is 2.73. The third-order valence-corrected chi connectivity index (χ3v) is 2.73. The van der Waals surface area contributed by atoms with Gasteiger partial charge in [0.2, 0.25) is 5.91 Å². The van der Waals surface area contributed by atoms with Crippen molar-refractivity contribution in [3.8, 4) is 12.1 Å². The Hall–Kier alpha value is -2.33. The Bertz CT molecular complexity index is 493. The summed E-state index contributed by atoms with van der Waals surface area (Å²) in [6.07, 6.45) is 0.450. The molecule has 4 heteroatoms. The molecule has 1 unspecified atom stereocenters. The van der Waals surface area contributed by atoms with E-state index in [9.17, 15) is 4.79 Å². The van der Waals surface area contributed by atoms with Crippen molar-refractivity contribution in [1.29, 1.82) is 10.5 Å². The van der Waals surface area contributed by atoms with Crippen LogP contribution < -0.4 is 5.32 Å². The number of benzene rings is 1. The molecule has 0 saturated heterocycles. The van der Waals surface area contributed by atoms with Crippen LogP contribution in [0.5, 0.6) is 0 Å². The van der Waals surface area contributed by atoms with Gasteiger partial charge in [-0.05, 0) is 37.6 Å². The van der Waals surface area contributed by atoms with E-state index < -0.39 is 5.41 Å². The predicted octanol–water partition coefficient (Wildman–Crippen LogP) is 2.44. The maximum Gasteiger partial charge on any atom is 0.244 e. The monoisotopic (exact) mass is 227 g/mol. The molecular formula is C13H13N3O. The molecule has 0 fully saturated rings. The van der Waals surface area contributed by atoms with Gasteiger partial charge in [0.15, 0.2) is 0 Å². The van der Waals surface area contributed by atoms with Gasteiger partial charge in [0.1, 0.15) is 5.41 Å². The summed E-state index contributed by atoms with van der Waals surface area (Å²) in [6, 6.07) is 10.5. The zero-order valence-electron chi connectivity index (χ0n) is 9.82. The number of nitriles is 2. The Kier molecular flexibility index (Phi) is 3.85. The first-order valence-corrected chi connectivity index (χ1v) is 5.28. The first kappa shape index (κ1) is 12.7. The first-order chi connectivity index (χ1) is 8.05. The van der Waals surface area contributed by atoms with Crippen LogP contribution in [0.1, 0.15) is 25.8 Å². The van der Waals surface area contributed by atoms with E-state index in [0.29, 0.717) is 17.7 Å². The fraction of sp³-hybridized carbons (Fsp3) is 0.308. The number of carbonyl (C=O) groups excluding carboxylic acids is 1. The minimum Gasteiger partial charge on any atom is -0.325 e. The summed E-state index contributed by atoms with van der Waals surface area (Å²) in [4.78, 5) is 11.9. The highest BCUT2D eigenvalue weighted by molar-refractivity contribution is 5.96. The van der Waals surface area contributed by atoms with Crippen LogP contribution in [-0.2, 0) is 4.79 Å². The van der Waals surface area contributed by atoms with Crippen LogP contribution in [0.25, 0.3) is 0 Å². The van der Waals surface area contributed by atoms with Crippen molar-refractivity contribution in [2.24, 2.45) is 5.41 Å². The van der Waals surface area contributed by atoms with E-state index in [1.165, 1.54) is 0 Å². The zero-order valence-corrected chi connectivity index (χ0v) is 9.82. The van der Waals surface area contributed by atoms with Crippen LogP contribution in [-0.4, -0.2) is 5.91 Å². The molecule has 0 aliphatic heterocycles. The van der Waals surface area contributed by atoms with E-state index in [1.54, 1.807) is 38.1 Å². The molecule has 1 rings (SSSR count). The lowest BCUT2D eigenvalue weighted by molar-refractivity contribution is -0.122. The largest absolute Gasteiger partial charge is 0.325 e. The molecule has 17 heavy (non-hydrogen) atoms. The maximum atomic E-state index is 11.9. The number of rotatable bonds is 3. The summed E-state index contributed by atoms with van der Waals surface area (Å²) in [6.45, 7) is 3.40. The number of carbonyl (C=O) groups is 1. The topological polar surface area (TPSA) is 76.7 Å².